The average molecular weight is 341 g/mol. The highest BCUT2D eigenvalue weighted by molar-refractivity contribution is 8.00. The van der Waals surface area contributed by atoms with E-state index in [2.05, 4.69) is 15.5 Å². The summed E-state index contributed by atoms with van der Waals surface area (Å²) in [4.78, 5) is 23.4. The van der Waals surface area contributed by atoms with E-state index in [1.165, 1.54) is 11.8 Å². The number of nitrogens with zero attached hydrogens (tertiary/aromatic N) is 3. The van der Waals surface area contributed by atoms with Gasteiger partial charge in [0.1, 0.15) is 0 Å². The zero-order valence-electron chi connectivity index (χ0n) is 12.8. The van der Waals surface area contributed by atoms with Crippen molar-refractivity contribution in [3.8, 4) is 0 Å². The van der Waals surface area contributed by atoms with Gasteiger partial charge in [-0.3, -0.25) is 14.0 Å². The van der Waals surface area contributed by atoms with Crippen LogP contribution in [-0.4, -0.2) is 31.7 Å². The number of aromatic nitrogens is 3. The Morgan fingerprint density at radius 3 is 2.62 bits per heavy atom. The van der Waals surface area contributed by atoms with E-state index in [-0.39, 0.29) is 11.2 Å². The maximum atomic E-state index is 12.3. The molecule has 8 heteroatoms. The van der Waals surface area contributed by atoms with Crippen LogP contribution in [-0.2, 0) is 4.79 Å². The van der Waals surface area contributed by atoms with Crippen molar-refractivity contribution < 1.29 is 9.59 Å². The van der Waals surface area contributed by atoms with Crippen molar-refractivity contribution in [1.82, 2.24) is 14.6 Å². The first-order valence-electron chi connectivity index (χ1n) is 7.22. The molecule has 0 saturated carbocycles. The topological polar surface area (TPSA) is 102 Å². The Hall–Kier alpha value is -2.87. The van der Waals surface area contributed by atoms with Crippen LogP contribution in [0.25, 0.3) is 5.65 Å². The first-order valence-corrected chi connectivity index (χ1v) is 8.10. The quantitative estimate of drug-likeness (QED) is 0.691. The molecule has 0 bridgehead atoms. The smallest absolute Gasteiger partial charge is 0.248 e. The van der Waals surface area contributed by atoms with Gasteiger partial charge in [-0.15, -0.1) is 10.2 Å². The number of rotatable bonds is 5. The summed E-state index contributed by atoms with van der Waals surface area (Å²) in [6, 6.07) is 12.0. The van der Waals surface area contributed by atoms with Crippen LogP contribution in [0.2, 0.25) is 0 Å². The minimum absolute atomic E-state index is 0.167. The van der Waals surface area contributed by atoms with Gasteiger partial charge in [-0.25, -0.2) is 0 Å². The number of anilines is 1. The highest BCUT2D eigenvalue weighted by Gasteiger charge is 2.18. The van der Waals surface area contributed by atoms with Crippen LogP contribution in [0.1, 0.15) is 17.3 Å². The van der Waals surface area contributed by atoms with Gasteiger partial charge in [0.25, 0.3) is 0 Å². The monoisotopic (exact) mass is 341 g/mol. The predicted octanol–water partition coefficient (Wildman–Crippen LogP) is 1.95. The van der Waals surface area contributed by atoms with Crippen molar-refractivity contribution in [1.29, 1.82) is 0 Å². The van der Waals surface area contributed by atoms with Gasteiger partial charge in [0.15, 0.2) is 10.8 Å². The van der Waals surface area contributed by atoms with Crippen molar-refractivity contribution in [3.63, 3.8) is 0 Å². The van der Waals surface area contributed by atoms with Crippen LogP contribution < -0.4 is 11.1 Å². The number of pyridine rings is 1. The lowest BCUT2D eigenvalue weighted by Crippen LogP contribution is -2.22. The second-order valence-corrected chi connectivity index (χ2v) is 6.41. The summed E-state index contributed by atoms with van der Waals surface area (Å²) in [5.74, 6) is -0.671. The Bertz CT molecular complexity index is 891. The number of primary amides is 1. The van der Waals surface area contributed by atoms with Crippen LogP contribution in [0.5, 0.6) is 0 Å². The minimum Gasteiger partial charge on any atom is -0.366 e. The molecular weight excluding hydrogens is 326 g/mol. The number of carbonyl (C=O) groups excluding carboxylic acids is 2. The lowest BCUT2D eigenvalue weighted by molar-refractivity contribution is -0.115. The molecular formula is C16H15N5O2S. The molecule has 0 spiro atoms. The molecule has 3 aromatic rings. The maximum absolute atomic E-state index is 12.3. The molecule has 24 heavy (non-hydrogen) atoms. The maximum Gasteiger partial charge on any atom is 0.248 e. The molecule has 0 fully saturated rings. The van der Waals surface area contributed by atoms with Gasteiger partial charge in [0.05, 0.1) is 5.25 Å². The minimum atomic E-state index is -0.504. The fourth-order valence-corrected chi connectivity index (χ4v) is 2.91. The molecule has 7 nitrogen and oxygen atoms in total. The van der Waals surface area contributed by atoms with E-state index < -0.39 is 5.91 Å². The third-order valence-electron chi connectivity index (χ3n) is 3.37. The van der Waals surface area contributed by atoms with Gasteiger partial charge in [-0.1, -0.05) is 17.8 Å². The molecule has 0 saturated heterocycles. The Kier molecular flexibility index (Phi) is 4.48. The molecule has 2 aromatic heterocycles. The molecule has 0 aliphatic carbocycles. The largest absolute Gasteiger partial charge is 0.366 e. The number of nitrogens with one attached hydrogen (secondary N) is 1. The highest BCUT2D eigenvalue weighted by Crippen LogP contribution is 2.23. The van der Waals surface area contributed by atoms with Crippen LogP contribution in [0.15, 0.2) is 53.8 Å². The Balaban J connectivity index is 1.67. The van der Waals surface area contributed by atoms with E-state index in [1.807, 2.05) is 28.8 Å². The van der Waals surface area contributed by atoms with Crippen LogP contribution in [0.4, 0.5) is 5.69 Å². The molecule has 0 unspecified atom stereocenters. The summed E-state index contributed by atoms with van der Waals surface area (Å²) in [6.07, 6.45) is 1.85. The van der Waals surface area contributed by atoms with Gasteiger partial charge in [-0.05, 0) is 43.3 Å². The van der Waals surface area contributed by atoms with Gasteiger partial charge in [-0.2, -0.15) is 0 Å². The third kappa shape index (κ3) is 3.38. The summed E-state index contributed by atoms with van der Waals surface area (Å²) in [6.45, 7) is 1.79. The molecule has 3 N–H and O–H groups in total. The molecule has 0 radical (unpaired) electrons. The molecule has 1 aromatic carbocycles. The SMILES string of the molecule is C[C@@H](Sc1nnc2ccccn12)C(=O)Nc1ccc(C(N)=O)cc1. The Morgan fingerprint density at radius 2 is 1.92 bits per heavy atom. The van der Waals surface area contributed by atoms with E-state index in [0.29, 0.717) is 16.4 Å². The predicted molar refractivity (Wildman–Crippen MR) is 91.9 cm³/mol. The van der Waals surface area contributed by atoms with Crippen molar-refractivity contribution in [3.05, 3.63) is 54.2 Å². The van der Waals surface area contributed by atoms with Crippen LogP contribution >= 0.6 is 11.8 Å². The molecule has 3 rings (SSSR count). The Labute approximate surface area is 142 Å². The average Bonchev–Trinajstić information content (AvgIpc) is 2.98. The zero-order valence-corrected chi connectivity index (χ0v) is 13.7. The zero-order chi connectivity index (χ0) is 17.1. The lowest BCUT2D eigenvalue weighted by Gasteiger charge is -2.11. The standard InChI is InChI=1S/C16H15N5O2S/c1-10(24-16-20-19-13-4-2-3-9-21(13)16)15(23)18-12-7-5-11(6-8-12)14(17)22/h2-10H,1H3,(H2,17,22)(H,18,23)/t10-/m1/s1. The van der Waals surface area contributed by atoms with E-state index in [9.17, 15) is 9.59 Å². The van der Waals surface area contributed by atoms with E-state index in [1.54, 1.807) is 31.2 Å². The number of carbonyl (C=O) groups is 2. The molecule has 2 heterocycles. The first kappa shape index (κ1) is 16.0. The number of thioether (sulfide) groups is 1. The second kappa shape index (κ2) is 6.71. The van der Waals surface area contributed by atoms with Crippen LogP contribution in [0, 0.1) is 0 Å². The van der Waals surface area contributed by atoms with E-state index in [0.717, 1.165) is 5.65 Å². The van der Waals surface area contributed by atoms with Gasteiger partial charge in [0.2, 0.25) is 11.8 Å². The fourth-order valence-electron chi connectivity index (χ4n) is 2.07. The first-order chi connectivity index (χ1) is 11.5. The number of hydrogen-bond donors (Lipinski definition) is 2. The van der Waals surface area contributed by atoms with Crippen molar-refractivity contribution in [2.24, 2.45) is 5.73 Å². The van der Waals surface area contributed by atoms with Gasteiger partial charge < -0.3 is 11.1 Å². The number of fused-ring (bicyclic) bond motifs is 1. The molecule has 1 atom stereocenters. The van der Waals surface area contributed by atoms with Crippen molar-refractivity contribution in [2.75, 3.05) is 5.32 Å². The Morgan fingerprint density at radius 1 is 1.17 bits per heavy atom. The summed E-state index contributed by atoms with van der Waals surface area (Å²) >= 11 is 1.32. The third-order valence-corrected chi connectivity index (χ3v) is 4.43. The highest BCUT2D eigenvalue weighted by atomic mass is 32.2. The fraction of sp³-hybridized carbons (Fsp3) is 0.125. The second-order valence-electron chi connectivity index (χ2n) is 5.10. The molecule has 2 amide bonds. The number of amides is 2. The van der Waals surface area contributed by atoms with E-state index in [4.69, 9.17) is 5.73 Å². The van der Waals surface area contributed by atoms with Crippen molar-refractivity contribution >= 4 is 34.9 Å². The number of benzene rings is 1. The summed E-state index contributed by atoms with van der Waals surface area (Å²) in [7, 11) is 0. The van der Waals surface area contributed by atoms with Gasteiger partial charge >= 0.3 is 0 Å². The summed E-state index contributed by atoms with van der Waals surface area (Å²) < 4.78 is 1.83. The van der Waals surface area contributed by atoms with Crippen LogP contribution in [0.3, 0.4) is 0 Å². The lowest BCUT2D eigenvalue weighted by atomic mass is 10.2. The number of nitrogens with two attached hydrogens (primary N) is 1. The van der Waals surface area contributed by atoms with Gasteiger partial charge in [0, 0.05) is 17.4 Å². The summed E-state index contributed by atoms with van der Waals surface area (Å²) in [5.41, 5.74) is 6.92. The normalized spacial score (nSPS) is 12.0. The van der Waals surface area contributed by atoms with Crippen molar-refractivity contribution in [2.45, 2.75) is 17.3 Å². The van der Waals surface area contributed by atoms with E-state index >= 15 is 0 Å². The molecule has 0 aliphatic rings. The summed E-state index contributed by atoms with van der Waals surface area (Å²) in [5, 5.41) is 11.2. The number of hydrogen-bond acceptors (Lipinski definition) is 5. The molecule has 122 valence electrons. The molecule has 0 aliphatic heterocycles.